The van der Waals surface area contributed by atoms with E-state index in [1.165, 1.54) is 5.39 Å². The van der Waals surface area contributed by atoms with Crippen molar-refractivity contribution in [2.75, 3.05) is 6.61 Å². The molecule has 3 rings (SSSR count). The van der Waals surface area contributed by atoms with Crippen LogP contribution in [0.1, 0.15) is 20.8 Å². The molecule has 0 saturated carbocycles. The molecule has 0 saturated heterocycles. The third kappa shape index (κ3) is 5.03. The van der Waals surface area contributed by atoms with Crippen LogP contribution in [-0.4, -0.2) is 23.2 Å². The van der Waals surface area contributed by atoms with Crippen LogP contribution >= 0.6 is 11.8 Å². The van der Waals surface area contributed by atoms with Crippen molar-refractivity contribution in [1.82, 2.24) is 4.98 Å². The number of esters is 1. The minimum absolute atomic E-state index is 0.0915. The van der Waals surface area contributed by atoms with Crippen LogP contribution in [0.4, 0.5) is 0 Å². The zero-order valence-corrected chi connectivity index (χ0v) is 15.4. The summed E-state index contributed by atoms with van der Waals surface area (Å²) in [7, 11) is 0. The van der Waals surface area contributed by atoms with E-state index in [2.05, 4.69) is 23.2 Å². The minimum atomic E-state index is -0.499. The molecule has 0 bridgehead atoms. The maximum Gasteiger partial charge on any atom is 0.344 e. The second kappa shape index (κ2) is 7.23. The number of benzene rings is 2. The molecule has 0 atom stereocenters. The number of aromatic nitrogens is 1. The number of ether oxygens (including phenoxy) is 2. The zero-order valence-electron chi connectivity index (χ0n) is 14.5. The Labute approximate surface area is 151 Å². The lowest BCUT2D eigenvalue weighted by molar-refractivity contribution is -0.157. The van der Waals surface area contributed by atoms with Crippen LogP contribution < -0.4 is 4.74 Å². The normalized spacial score (nSPS) is 11.5. The second-order valence-corrected chi connectivity index (χ2v) is 7.78. The van der Waals surface area contributed by atoms with E-state index in [0.29, 0.717) is 5.75 Å². The molecule has 0 aliphatic rings. The molecule has 1 heterocycles. The van der Waals surface area contributed by atoms with E-state index in [4.69, 9.17) is 9.47 Å². The molecule has 1 aromatic heterocycles. The highest BCUT2D eigenvalue weighted by molar-refractivity contribution is 7.99. The number of aromatic amines is 1. The largest absolute Gasteiger partial charge is 0.482 e. The molecule has 0 radical (unpaired) electrons. The van der Waals surface area contributed by atoms with Gasteiger partial charge < -0.3 is 14.5 Å². The number of hydrogen-bond acceptors (Lipinski definition) is 4. The molecule has 0 aliphatic carbocycles. The highest BCUT2D eigenvalue weighted by atomic mass is 32.2. The summed E-state index contributed by atoms with van der Waals surface area (Å²) in [5.74, 6) is 0.274. The third-order valence-corrected chi connectivity index (χ3v) is 4.28. The van der Waals surface area contributed by atoms with Crippen molar-refractivity contribution in [1.29, 1.82) is 0 Å². The SMILES string of the molecule is CC(C)(C)OC(=O)COc1ccc(Sc2cc3ccccc3[nH]2)cc1. The van der Waals surface area contributed by atoms with Crippen molar-refractivity contribution in [3.8, 4) is 5.75 Å². The van der Waals surface area contributed by atoms with Crippen molar-refractivity contribution in [2.24, 2.45) is 0 Å². The summed E-state index contributed by atoms with van der Waals surface area (Å²) in [6.45, 7) is 5.41. The van der Waals surface area contributed by atoms with Gasteiger partial charge in [-0.15, -0.1) is 0 Å². The summed E-state index contributed by atoms with van der Waals surface area (Å²) in [5, 5.41) is 2.28. The molecule has 0 amide bonds. The van der Waals surface area contributed by atoms with Crippen LogP contribution in [0.2, 0.25) is 0 Å². The first-order chi connectivity index (χ1) is 11.9. The lowest BCUT2D eigenvalue weighted by atomic mass is 10.2. The average Bonchev–Trinajstić information content (AvgIpc) is 2.95. The quantitative estimate of drug-likeness (QED) is 0.652. The van der Waals surface area contributed by atoms with E-state index in [1.54, 1.807) is 11.8 Å². The number of H-pyrrole nitrogens is 1. The number of para-hydroxylation sites is 1. The fourth-order valence-corrected chi connectivity index (χ4v) is 3.22. The predicted molar refractivity (Wildman–Crippen MR) is 100 cm³/mol. The lowest BCUT2D eigenvalue weighted by Crippen LogP contribution is -2.27. The molecule has 5 heteroatoms. The van der Waals surface area contributed by atoms with Gasteiger partial charge in [0.1, 0.15) is 11.4 Å². The molecule has 3 aromatic rings. The van der Waals surface area contributed by atoms with Crippen molar-refractivity contribution in [2.45, 2.75) is 36.3 Å². The monoisotopic (exact) mass is 355 g/mol. The van der Waals surface area contributed by atoms with Gasteiger partial charge in [-0.1, -0.05) is 30.0 Å². The van der Waals surface area contributed by atoms with E-state index < -0.39 is 5.60 Å². The van der Waals surface area contributed by atoms with Gasteiger partial charge in [0.05, 0.1) is 5.03 Å². The standard InChI is InChI=1S/C20H21NO3S/c1-20(2,3)24-19(22)13-23-15-8-10-16(11-9-15)25-18-12-14-6-4-5-7-17(14)21-18/h4-12,21H,13H2,1-3H3. The molecular formula is C20H21NO3S. The Morgan fingerprint density at radius 3 is 2.48 bits per heavy atom. The Balaban J connectivity index is 1.57. The highest BCUT2D eigenvalue weighted by Crippen LogP contribution is 2.30. The van der Waals surface area contributed by atoms with Crippen molar-refractivity contribution in [3.63, 3.8) is 0 Å². The van der Waals surface area contributed by atoms with Crippen molar-refractivity contribution < 1.29 is 14.3 Å². The number of rotatable bonds is 5. The predicted octanol–water partition coefficient (Wildman–Crippen LogP) is 5.04. The van der Waals surface area contributed by atoms with E-state index in [0.717, 1.165) is 15.4 Å². The fraction of sp³-hybridized carbons (Fsp3) is 0.250. The molecule has 0 fully saturated rings. The average molecular weight is 355 g/mol. The Morgan fingerprint density at radius 2 is 1.80 bits per heavy atom. The lowest BCUT2D eigenvalue weighted by Gasteiger charge is -2.19. The van der Waals surface area contributed by atoms with Gasteiger partial charge in [0.25, 0.3) is 0 Å². The van der Waals surface area contributed by atoms with Gasteiger partial charge in [-0.05, 0) is 57.2 Å². The summed E-state index contributed by atoms with van der Waals surface area (Å²) >= 11 is 1.65. The van der Waals surface area contributed by atoms with Crippen molar-refractivity contribution >= 4 is 28.6 Å². The fourth-order valence-electron chi connectivity index (χ4n) is 2.35. The number of carbonyl (C=O) groups is 1. The highest BCUT2D eigenvalue weighted by Gasteiger charge is 2.16. The summed E-state index contributed by atoms with van der Waals surface area (Å²) < 4.78 is 10.7. The first-order valence-corrected chi connectivity index (χ1v) is 8.91. The molecule has 4 nitrogen and oxygen atoms in total. The first kappa shape index (κ1) is 17.4. The van der Waals surface area contributed by atoms with Crippen LogP contribution in [0.3, 0.4) is 0 Å². The van der Waals surface area contributed by atoms with E-state index >= 15 is 0 Å². The molecule has 0 unspecified atom stereocenters. The number of fused-ring (bicyclic) bond motifs is 1. The molecule has 2 aromatic carbocycles. The van der Waals surface area contributed by atoms with Gasteiger partial charge >= 0.3 is 5.97 Å². The molecular weight excluding hydrogens is 334 g/mol. The minimum Gasteiger partial charge on any atom is -0.482 e. The molecule has 130 valence electrons. The second-order valence-electron chi connectivity index (χ2n) is 6.67. The molecule has 0 spiro atoms. The Hall–Kier alpha value is -2.40. The Morgan fingerprint density at radius 1 is 1.08 bits per heavy atom. The smallest absolute Gasteiger partial charge is 0.344 e. The maximum atomic E-state index is 11.7. The van der Waals surface area contributed by atoms with Crippen LogP contribution in [-0.2, 0) is 9.53 Å². The van der Waals surface area contributed by atoms with Crippen molar-refractivity contribution in [3.05, 3.63) is 54.6 Å². The van der Waals surface area contributed by atoms with Gasteiger partial charge in [-0.25, -0.2) is 4.79 Å². The van der Waals surface area contributed by atoms with Gasteiger partial charge in [-0.3, -0.25) is 0 Å². The summed E-state index contributed by atoms with van der Waals surface area (Å²) in [4.78, 5) is 16.2. The van der Waals surface area contributed by atoms with Gasteiger partial charge in [0.15, 0.2) is 6.61 Å². The van der Waals surface area contributed by atoms with Gasteiger partial charge in [0, 0.05) is 15.8 Å². The van der Waals surface area contributed by atoms with Gasteiger partial charge in [-0.2, -0.15) is 0 Å². The van der Waals surface area contributed by atoms with E-state index in [1.807, 2.05) is 57.2 Å². The summed E-state index contributed by atoms with van der Waals surface area (Å²) in [6.07, 6.45) is 0. The molecule has 1 N–H and O–H groups in total. The maximum absolute atomic E-state index is 11.7. The number of hydrogen-bond donors (Lipinski definition) is 1. The Bertz CT molecular complexity index is 830. The third-order valence-electron chi connectivity index (χ3n) is 3.33. The molecule has 0 aliphatic heterocycles. The van der Waals surface area contributed by atoms with Crippen LogP contribution in [0.15, 0.2) is 64.5 Å². The zero-order chi connectivity index (χ0) is 17.9. The van der Waals surface area contributed by atoms with Crippen LogP contribution in [0.25, 0.3) is 10.9 Å². The van der Waals surface area contributed by atoms with E-state index in [9.17, 15) is 4.79 Å². The van der Waals surface area contributed by atoms with Crippen LogP contribution in [0, 0.1) is 0 Å². The summed E-state index contributed by atoms with van der Waals surface area (Å²) in [6, 6.07) is 18.0. The summed E-state index contributed by atoms with van der Waals surface area (Å²) in [5.41, 5.74) is 0.628. The topological polar surface area (TPSA) is 51.3 Å². The number of nitrogens with one attached hydrogen (secondary N) is 1. The first-order valence-electron chi connectivity index (χ1n) is 8.09. The van der Waals surface area contributed by atoms with Gasteiger partial charge in [0.2, 0.25) is 0 Å². The molecule has 25 heavy (non-hydrogen) atoms. The Kier molecular flexibility index (Phi) is 5.04. The van der Waals surface area contributed by atoms with E-state index in [-0.39, 0.29) is 12.6 Å². The number of carbonyl (C=O) groups excluding carboxylic acids is 1. The van der Waals surface area contributed by atoms with Crippen LogP contribution in [0.5, 0.6) is 5.75 Å².